The van der Waals surface area contributed by atoms with Crippen molar-refractivity contribution in [3.05, 3.63) is 72.4 Å². The van der Waals surface area contributed by atoms with Crippen LogP contribution in [-0.2, 0) is 15.1 Å². The molecule has 1 heterocycles. The Morgan fingerprint density at radius 3 is 2.21 bits per heavy atom. The molecule has 0 radical (unpaired) electrons. The summed E-state index contributed by atoms with van der Waals surface area (Å²) in [7, 11) is 2.02. The van der Waals surface area contributed by atoms with E-state index in [2.05, 4.69) is 52.3 Å². The maximum Gasteiger partial charge on any atom is 0.408 e. The van der Waals surface area contributed by atoms with Crippen molar-refractivity contribution < 1.29 is 14.3 Å². The first-order chi connectivity index (χ1) is 20.6. The van der Waals surface area contributed by atoms with E-state index in [9.17, 15) is 9.59 Å². The van der Waals surface area contributed by atoms with Crippen LogP contribution in [0.1, 0.15) is 78.2 Å². The zero-order valence-corrected chi connectivity index (χ0v) is 26.2. The molecule has 2 fully saturated rings. The molecule has 0 spiro atoms. The molecule has 43 heavy (non-hydrogen) atoms. The van der Waals surface area contributed by atoms with Crippen LogP contribution in [-0.4, -0.2) is 35.7 Å². The number of carbonyl (C=O) groups excluding carboxylic acids is 2. The Hall–Kier alpha value is -3.71. The molecule has 1 atom stereocenters. The number of ether oxygens (including phenoxy) is 1. The van der Waals surface area contributed by atoms with E-state index in [-0.39, 0.29) is 17.9 Å². The SMILES string of the molecule is CNC1CCC(C(C)C(=O)Nc2cnc(-c3ccc(C4(NC(=O)OC(C)(C)C)CCC4)cc3)c(-c3ccccc3)c2)CC1. The van der Waals surface area contributed by atoms with Gasteiger partial charge in [0, 0.05) is 23.1 Å². The number of aromatic nitrogens is 1. The van der Waals surface area contributed by atoms with Crippen LogP contribution in [0, 0.1) is 11.8 Å². The van der Waals surface area contributed by atoms with E-state index in [0.29, 0.717) is 17.6 Å². The number of hydrogen-bond donors (Lipinski definition) is 3. The Labute approximate surface area is 256 Å². The molecule has 7 nitrogen and oxygen atoms in total. The summed E-state index contributed by atoms with van der Waals surface area (Å²) in [6, 6.07) is 21.1. The highest BCUT2D eigenvalue weighted by Crippen LogP contribution is 2.42. The zero-order chi connectivity index (χ0) is 30.6. The van der Waals surface area contributed by atoms with E-state index in [0.717, 1.165) is 72.9 Å². The standard InChI is InChI=1S/C36H46N4O3/c1-24(25-14-18-29(37-5)19-15-25)33(41)39-30-22-31(26-10-7-6-8-11-26)32(38-23-30)27-12-16-28(17-13-27)36(20-9-21-36)40-34(42)43-35(2,3)4/h6-8,10-13,16-17,22-25,29,37H,9,14-15,18-21H2,1-5H3,(H,39,41)(H,40,42). The van der Waals surface area contributed by atoms with Crippen molar-refractivity contribution in [1.29, 1.82) is 0 Å². The van der Waals surface area contributed by atoms with Crippen LogP contribution in [0.25, 0.3) is 22.4 Å². The van der Waals surface area contributed by atoms with Crippen LogP contribution in [0.15, 0.2) is 66.9 Å². The third kappa shape index (κ3) is 7.27. The van der Waals surface area contributed by atoms with Crippen LogP contribution >= 0.6 is 0 Å². The van der Waals surface area contributed by atoms with Gasteiger partial charge in [0.05, 0.1) is 23.1 Å². The molecular weight excluding hydrogens is 536 g/mol. The minimum Gasteiger partial charge on any atom is -0.444 e. The molecule has 2 saturated carbocycles. The lowest BCUT2D eigenvalue weighted by Gasteiger charge is -2.43. The number of carbonyl (C=O) groups is 2. The van der Waals surface area contributed by atoms with Gasteiger partial charge >= 0.3 is 6.09 Å². The van der Waals surface area contributed by atoms with Crippen LogP contribution in [0.2, 0.25) is 0 Å². The fourth-order valence-electron chi connectivity index (χ4n) is 6.44. The second-order valence-electron chi connectivity index (χ2n) is 13.3. The number of rotatable bonds is 8. The quantitative estimate of drug-likeness (QED) is 0.253. The van der Waals surface area contributed by atoms with E-state index >= 15 is 0 Å². The molecule has 1 unspecified atom stereocenters. The summed E-state index contributed by atoms with van der Waals surface area (Å²) >= 11 is 0. The third-order valence-corrected chi connectivity index (χ3v) is 9.20. The smallest absolute Gasteiger partial charge is 0.408 e. The molecule has 3 aromatic rings. The summed E-state index contributed by atoms with van der Waals surface area (Å²) in [6.07, 6.45) is 8.55. The van der Waals surface area contributed by atoms with Crippen molar-refractivity contribution in [2.75, 3.05) is 12.4 Å². The van der Waals surface area contributed by atoms with Crippen molar-refractivity contribution in [2.45, 2.75) is 89.8 Å². The predicted octanol–water partition coefficient (Wildman–Crippen LogP) is 7.67. The summed E-state index contributed by atoms with van der Waals surface area (Å²) in [6.45, 7) is 7.67. The van der Waals surface area contributed by atoms with Gasteiger partial charge in [0.15, 0.2) is 0 Å². The summed E-state index contributed by atoms with van der Waals surface area (Å²) < 4.78 is 5.55. The van der Waals surface area contributed by atoms with E-state index in [1.54, 1.807) is 6.20 Å². The van der Waals surface area contributed by atoms with Gasteiger partial charge in [0.2, 0.25) is 5.91 Å². The summed E-state index contributed by atoms with van der Waals surface area (Å²) in [4.78, 5) is 30.8. The van der Waals surface area contributed by atoms with Gasteiger partial charge in [-0.3, -0.25) is 9.78 Å². The molecule has 2 amide bonds. The maximum atomic E-state index is 13.3. The van der Waals surface area contributed by atoms with E-state index in [4.69, 9.17) is 9.72 Å². The average molecular weight is 583 g/mol. The number of benzene rings is 2. The number of amides is 2. The first kappa shape index (κ1) is 30.7. The predicted molar refractivity (Wildman–Crippen MR) is 173 cm³/mol. The second kappa shape index (κ2) is 12.9. The van der Waals surface area contributed by atoms with Crippen LogP contribution < -0.4 is 16.0 Å². The van der Waals surface area contributed by atoms with Crippen molar-refractivity contribution in [1.82, 2.24) is 15.6 Å². The highest BCUT2D eigenvalue weighted by atomic mass is 16.6. The average Bonchev–Trinajstić information content (AvgIpc) is 2.98. The maximum absolute atomic E-state index is 13.3. The zero-order valence-electron chi connectivity index (χ0n) is 26.2. The lowest BCUT2D eigenvalue weighted by Crippen LogP contribution is -2.52. The largest absolute Gasteiger partial charge is 0.444 e. The summed E-state index contributed by atoms with van der Waals surface area (Å²) in [5.74, 6) is 0.389. The fourth-order valence-corrected chi connectivity index (χ4v) is 6.44. The molecule has 1 aromatic heterocycles. The summed E-state index contributed by atoms with van der Waals surface area (Å²) in [5.41, 5.74) is 4.62. The van der Waals surface area contributed by atoms with E-state index < -0.39 is 11.1 Å². The number of hydrogen-bond acceptors (Lipinski definition) is 5. The van der Waals surface area contributed by atoms with E-state index in [1.165, 1.54) is 0 Å². The van der Waals surface area contributed by atoms with Crippen molar-refractivity contribution in [2.24, 2.45) is 11.8 Å². The molecule has 228 valence electrons. The molecule has 0 bridgehead atoms. The molecule has 2 aromatic carbocycles. The lowest BCUT2D eigenvalue weighted by atomic mass is 9.71. The monoisotopic (exact) mass is 582 g/mol. The first-order valence-corrected chi connectivity index (χ1v) is 15.7. The Kier molecular flexibility index (Phi) is 9.21. The van der Waals surface area contributed by atoms with Crippen molar-refractivity contribution in [3.63, 3.8) is 0 Å². The van der Waals surface area contributed by atoms with E-state index in [1.807, 2.05) is 59.0 Å². The van der Waals surface area contributed by atoms with Crippen molar-refractivity contribution in [3.8, 4) is 22.4 Å². The van der Waals surface area contributed by atoms with Gasteiger partial charge in [-0.05, 0) is 95.9 Å². The Morgan fingerprint density at radius 2 is 1.63 bits per heavy atom. The Bertz CT molecular complexity index is 1400. The number of pyridine rings is 1. The van der Waals surface area contributed by atoms with Gasteiger partial charge in [0.25, 0.3) is 0 Å². The molecule has 0 aliphatic heterocycles. The molecule has 2 aliphatic rings. The fraction of sp³-hybridized carbons (Fsp3) is 0.472. The third-order valence-electron chi connectivity index (χ3n) is 9.20. The minimum absolute atomic E-state index is 0.0501. The Balaban J connectivity index is 1.36. The first-order valence-electron chi connectivity index (χ1n) is 15.7. The number of nitrogens with one attached hydrogen (secondary N) is 3. The summed E-state index contributed by atoms with van der Waals surface area (Å²) in [5, 5.41) is 9.68. The minimum atomic E-state index is -0.548. The number of anilines is 1. The van der Waals surface area contributed by atoms with Crippen molar-refractivity contribution >= 4 is 17.7 Å². The highest BCUT2D eigenvalue weighted by molar-refractivity contribution is 5.94. The second-order valence-corrected chi connectivity index (χ2v) is 13.3. The van der Waals surface area contributed by atoms with Gasteiger partial charge in [-0.2, -0.15) is 0 Å². The number of nitrogens with zero attached hydrogens (tertiary/aromatic N) is 1. The van der Waals surface area contributed by atoms with Crippen LogP contribution in [0.3, 0.4) is 0 Å². The van der Waals surface area contributed by atoms with Crippen LogP contribution in [0.4, 0.5) is 10.5 Å². The van der Waals surface area contributed by atoms with Gasteiger partial charge in [-0.1, -0.05) is 61.5 Å². The van der Waals surface area contributed by atoms with Gasteiger partial charge < -0.3 is 20.7 Å². The molecule has 5 rings (SSSR count). The Morgan fingerprint density at radius 1 is 0.953 bits per heavy atom. The van der Waals surface area contributed by atoms with Gasteiger partial charge in [-0.25, -0.2) is 4.79 Å². The van der Waals surface area contributed by atoms with Gasteiger partial charge in [0.1, 0.15) is 5.60 Å². The highest BCUT2D eigenvalue weighted by Gasteiger charge is 2.41. The molecular formula is C36H46N4O3. The topological polar surface area (TPSA) is 92.4 Å². The molecule has 0 saturated heterocycles. The van der Waals surface area contributed by atoms with Crippen LogP contribution in [0.5, 0.6) is 0 Å². The molecule has 2 aliphatic carbocycles. The lowest BCUT2D eigenvalue weighted by molar-refractivity contribution is -0.121. The van der Waals surface area contributed by atoms with Gasteiger partial charge in [-0.15, -0.1) is 0 Å². The molecule has 7 heteroatoms. The number of alkyl carbamates (subject to hydrolysis) is 1. The molecule has 3 N–H and O–H groups in total. The normalized spacial score (nSPS) is 20.4.